The van der Waals surface area contributed by atoms with Crippen LogP contribution in [0, 0.1) is 6.92 Å². The van der Waals surface area contributed by atoms with Crippen molar-refractivity contribution in [3.05, 3.63) is 53.1 Å². The van der Waals surface area contributed by atoms with E-state index in [-0.39, 0.29) is 5.78 Å². The summed E-state index contributed by atoms with van der Waals surface area (Å²) in [5.74, 6) is 0.211. The first-order chi connectivity index (χ1) is 8.63. The number of hydrogen-bond donors (Lipinski definition) is 0. The van der Waals surface area contributed by atoms with Crippen LogP contribution in [0.15, 0.2) is 36.8 Å². The fourth-order valence-corrected chi connectivity index (χ4v) is 1.90. The molecule has 0 amide bonds. The van der Waals surface area contributed by atoms with Crippen molar-refractivity contribution in [2.24, 2.45) is 0 Å². The Morgan fingerprint density at radius 3 is 2.67 bits per heavy atom. The molecule has 4 heteroatoms. The van der Waals surface area contributed by atoms with Crippen molar-refractivity contribution in [3.8, 4) is 0 Å². The highest BCUT2D eigenvalue weighted by atomic mass is 35.5. The Labute approximate surface area is 111 Å². The van der Waals surface area contributed by atoms with E-state index < -0.39 is 0 Å². The van der Waals surface area contributed by atoms with E-state index in [1.54, 1.807) is 6.33 Å². The fraction of sp³-hybridized carbons (Fsp3) is 0.286. The average molecular weight is 263 g/mol. The predicted octanol–water partition coefficient (Wildman–Crippen LogP) is 3.05. The predicted molar refractivity (Wildman–Crippen MR) is 71.7 cm³/mol. The smallest absolute Gasteiger partial charge is 0.152 e. The molecule has 94 valence electrons. The van der Waals surface area contributed by atoms with Gasteiger partial charge in [0, 0.05) is 17.6 Å². The maximum absolute atomic E-state index is 11.8. The Morgan fingerprint density at radius 1 is 1.33 bits per heavy atom. The van der Waals surface area contributed by atoms with Gasteiger partial charge in [-0.05, 0) is 31.0 Å². The van der Waals surface area contributed by atoms with Crippen LogP contribution in [0.3, 0.4) is 0 Å². The molecular formula is C14H15ClN2O. The Hall–Kier alpha value is -1.61. The van der Waals surface area contributed by atoms with E-state index in [1.807, 2.05) is 42.0 Å². The number of carbonyl (C=O) groups is 1. The molecule has 2 aromatic rings. The van der Waals surface area contributed by atoms with E-state index in [2.05, 4.69) is 4.98 Å². The fourth-order valence-electron chi connectivity index (χ4n) is 1.78. The van der Waals surface area contributed by atoms with Gasteiger partial charge in [0.15, 0.2) is 5.78 Å². The molecule has 1 heterocycles. The zero-order valence-corrected chi connectivity index (χ0v) is 11.0. The third kappa shape index (κ3) is 3.70. The second kappa shape index (κ2) is 5.83. The summed E-state index contributed by atoms with van der Waals surface area (Å²) in [5.41, 5.74) is 2.06. The molecule has 0 saturated carbocycles. The highest BCUT2D eigenvalue weighted by molar-refractivity contribution is 6.30. The molecule has 0 unspecified atom stereocenters. The van der Waals surface area contributed by atoms with Gasteiger partial charge < -0.3 is 4.57 Å². The summed E-state index contributed by atoms with van der Waals surface area (Å²) in [6, 6.07) is 7.61. The normalized spacial score (nSPS) is 10.6. The molecule has 18 heavy (non-hydrogen) atoms. The number of halogens is 1. The van der Waals surface area contributed by atoms with Gasteiger partial charge in [0.2, 0.25) is 0 Å². The van der Waals surface area contributed by atoms with Gasteiger partial charge in [-0.15, -0.1) is 0 Å². The number of aryl methyl sites for hydroxylation is 2. The molecular weight excluding hydrogens is 248 g/mol. The number of nitrogens with zero attached hydrogens (tertiary/aromatic N) is 2. The van der Waals surface area contributed by atoms with E-state index in [0.717, 1.165) is 22.7 Å². The van der Waals surface area contributed by atoms with Crippen molar-refractivity contribution in [2.45, 2.75) is 26.3 Å². The standard InChI is InChI=1S/C14H15ClN2O/c1-11-8-17(10-16-11)9-14(18)7-4-12-2-5-13(15)6-3-12/h2-3,5-6,8,10H,4,7,9H2,1H3. The largest absolute Gasteiger partial charge is 0.330 e. The molecule has 0 spiro atoms. The molecule has 3 nitrogen and oxygen atoms in total. The molecule has 1 aromatic carbocycles. The Balaban J connectivity index is 1.83. The second-order valence-corrected chi connectivity index (χ2v) is 4.79. The summed E-state index contributed by atoms with van der Waals surface area (Å²) in [4.78, 5) is 15.9. The van der Waals surface area contributed by atoms with Gasteiger partial charge in [-0.25, -0.2) is 4.98 Å². The van der Waals surface area contributed by atoms with E-state index in [0.29, 0.717) is 13.0 Å². The third-order valence-corrected chi connectivity index (χ3v) is 2.98. The molecule has 2 rings (SSSR count). The van der Waals surface area contributed by atoms with Crippen LogP contribution < -0.4 is 0 Å². The number of Topliss-reactive ketones (excluding diaryl/α,β-unsaturated/α-hetero) is 1. The van der Waals surface area contributed by atoms with E-state index in [1.165, 1.54) is 0 Å². The lowest BCUT2D eigenvalue weighted by molar-refractivity contribution is -0.119. The van der Waals surface area contributed by atoms with Crippen molar-refractivity contribution in [2.75, 3.05) is 0 Å². The number of carbonyl (C=O) groups excluding carboxylic acids is 1. The van der Waals surface area contributed by atoms with Gasteiger partial charge >= 0.3 is 0 Å². The SMILES string of the molecule is Cc1cn(CC(=O)CCc2ccc(Cl)cc2)cn1. The highest BCUT2D eigenvalue weighted by Gasteiger charge is 2.04. The molecule has 0 atom stereocenters. The van der Waals surface area contributed by atoms with Crippen molar-refractivity contribution < 1.29 is 4.79 Å². The molecule has 0 aliphatic heterocycles. The van der Waals surface area contributed by atoms with Crippen LogP contribution in [-0.4, -0.2) is 15.3 Å². The van der Waals surface area contributed by atoms with Crippen molar-refractivity contribution in [1.82, 2.24) is 9.55 Å². The quantitative estimate of drug-likeness (QED) is 0.830. The summed E-state index contributed by atoms with van der Waals surface area (Å²) in [6.45, 7) is 2.31. The monoisotopic (exact) mass is 262 g/mol. The molecule has 0 N–H and O–H groups in total. The Kier molecular flexibility index (Phi) is 4.15. The first kappa shape index (κ1) is 12.8. The first-order valence-electron chi connectivity index (χ1n) is 5.88. The van der Waals surface area contributed by atoms with Crippen molar-refractivity contribution >= 4 is 17.4 Å². The second-order valence-electron chi connectivity index (χ2n) is 4.35. The number of imidazole rings is 1. The van der Waals surface area contributed by atoms with Crippen molar-refractivity contribution in [1.29, 1.82) is 0 Å². The summed E-state index contributed by atoms with van der Waals surface area (Å²) < 4.78 is 1.82. The van der Waals surface area contributed by atoms with Crippen LogP contribution in [0.2, 0.25) is 5.02 Å². The molecule has 1 aromatic heterocycles. The van der Waals surface area contributed by atoms with Crippen molar-refractivity contribution in [3.63, 3.8) is 0 Å². The Morgan fingerprint density at radius 2 is 2.06 bits per heavy atom. The molecule has 0 aliphatic rings. The van der Waals surface area contributed by atoms with Gasteiger partial charge in [0.1, 0.15) is 0 Å². The zero-order valence-electron chi connectivity index (χ0n) is 10.3. The summed E-state index contributed by atoms with van der Waals surface area (Å²) in [6.07, 6.45) is 4.86. The van der Waals surface area contributed by atoms with Crippen LogP contribution in [-0.2, 0) is 17.8 Å². The van der Waals surface area contributed by atoms with Gasteiger partial charge in [0.25, 0.3) is 0 Å². The van der Waals surface area contributed by atoms with E-state index in [9.17, 15) is 4.79 Å². The molecule has 0 radical (unpaired) electrons. The molecule has 0 aliphatic carbocycles. The summed E-state index contributed by atoms with van der Waals surface area (Å²) in [7, 11) is 0. The summed E-state index contributed by atoms with van der Waals surface area (Å²) >= 11 is 5.81. The molecule has 0 fully saturated rings. The van der Waals surface area contributed by atoms with Crippen LogP contribution in [0.4, 0.5) is 0 Å². The lowest BCUT2D eigenvalue weighted by Crippen LogP contribution is -2.09. The maximum Gasteiger partial charge on any atom is 0.152 e. The Bertz CT molecular complexity index is 531. The van der Waals surface area contributed by atoms with E-state index >= 15 is 0 Å². The highest BCUT2D eigenvalue weighted by Crippen LogP contribution is 2.11. The van der Waals surface area contributed by atoms with Crippen LogP contribution in [0.5, 0.6) is 0 Å². The van der Waals surface area contributed by atoms with Gasteiger partial charge in [-0.1, -0.05) is 23.7 Å². The number of hydrogen-bond acceptors (Lipinski definition) is 2. The van der Waals surface area contributed by atoms with E-state index in [4.69, 9.17) is 11.6 Å². The van der Waals surface area contributed by atoms with Crippen LogP contribution >= 0.6 is 11.6 Å². The lowest BCUT2D eigenvalue weighted by Gasteiger charge is -2.02. The van der Waals surface area contributed by atoms with Crippen LogP contribution in [0.1, 0.15) is 17.7 Å². The number of rotatable bonds is 5. The minimum atomic E-state index is 0.211. The number of benzene rings is 1. The zero-order chi connectivity index (χ0) is 13.0. The number of aromatic nitrogens is 2. The maximum atomic E-state index is 11.8. The summed E-state index contributed by atoms with van der Waals surface area (Å²) in [5, 5.41) is 0.721. The van der Waals surface area contributed by atoms with Gasteiger partial charge in [-0.2, -0.15) is 0 Å². The minimum Gasteiger partial charge on any atom is -0.330 e. The average Bonchev–Trinajstić information content (AvgIpc) is 2.74. The lowest BCUT2D eigenvalue weighted by atomic mass is 10.1. The number of ketones is 1. The first-order valence-corrected chi connectivity index (χ1v) is 6.26. The topological polar surface area (TPSA) is 34.9 Å². The molecule has 0 saturated heterocycles. The minimum absolute atomic E-state index is 0.211. The van der Waals surface area contributed by atoms with Gasteiger partial charge in [-0.3, -0.25) is 4.79 Å². The van der Waals surface area contributed by atoms with Gasteiger partial charge in [0.05, 0.1) is 18.6 Å². The van der Waals surface area contributed by atoms with Crippen LogP contribution in [0.25, 0.3) is 0 Å². The third-order valence-electron chi connectivity index (χ3n) is 2.73. The molecule has 0 bridgehead atoms.